The highest BCUT2D eigenvalue weighted by molar-refractivity contribution is 6.04. The third kappa shape index (κ3) is 5.22. The van der Waals surface area contributed by atoms with E-state index in [0.717, 1.165) is 27.3 Å². The average Bonchev–Trinajstić information content (AvgIpc) is 3.69. The van der Waals surface area contributed by atoms with E-state index in [1.807, 2.05) is 30.3 Å². The van der Waals surface area contributed by atoms with Crippen molar-refractivity contribution in [3.05, 3.63) is 59.9 Å². The second kappa shape index (κ2) is 10.5. The number of fused-ring (bicyclic) bond motifs is 3. The number of carbonyl (C=O) groups is 2. The molecule has 1 saturated heterocycles. The van der Waals surface area contributed by atoms with Gasteiger partial charge in [-0.3, -0.25) is 4.90 Å². The molecule has 41 heavy (non-hydrogen) atoms. The summed E-state index contributed by atoms with van der Waals surface area (Å²) in [6.07, 6.45) is 2.83. The fourth-order valence-electron chi connectivity index (χ4n) is 5.19. The second-order valence-corrected chi connectivity index (χ2v) is 11.2. The molecule has 1 fully saturated rings. The number of pyridine rings is 1. The standard InChI is InChI=1S/C29H33N7O5/c1-19-17-39-15-14-33(19)25-21-10-12-34(27(37)40-18-20-8-6-5-7-9-20)24(21)22-16-30-36(26(22)31-25)23-11-13-35(32-23)28(38)41-29(2,3)4/h5-9,11,13,16,19H,10,12,14-15,17-18H2,1-4H3/t19-/m1/s1. The molecule has 3 aromatic heterocycles. The summed E-state index contributed by atoms with van der Waals surface area (Å²) in [5.41, 5.74) is 2.48. The van der Waals surface area contributed by atoms with Crippen molar-refractivity contribution < 1.29 is 23.8 Å². The molecular weight excluding hydrogens is 526 g/mol. The van der Waals surface area contributed by atoms with E-state index in [-0.39, 0.29) is 12.6 Å². The van der Waals surface area contributed by atoms with E-state index in [1.54, 1.807) is 42.6 Å². The van der Waals surface area contributed by atoms with Gasteiger partial charge in [0.2, 0.25) is 0 Å². The van der Waals surface area contributed by atoms with Crippen molar-refractivity contribution in [3.8, 4) is 5.82 Å². The smallest absolute Gasteiger partial charge is 0.435 e. The number of carbonyl (C=O) groups excluding carboxylic acids is 2. The minimum Gasteiger partial charge on any atom is -0.444 e. The van der Waals surface area contributed by atoms with E-state index in [2.05, 4.69) is 22.0 Å². The van der Waals surface area contributed by atoms with E-state index < -0.39 is 17.8 Å². The number of hydrogen-bond donors (Lipinski definition) is 0. The Labute approximate surface area is 237 Å². The third-order valence-corrected chi connectivity index (χ3v) is 7.06. The van der Waals surface area contributed by atoms with Crippen molar-refractivity contribution in [1.82, 2.24) is 24.5 Å². The summed E-state index contributed by atoms with van der Waals surface area (Å²) in [5, 5.41) is 9.71. The van der Waals surface area contributed by atoms with Crippen LogP contribution in [0.5, 0.6) is 0 Å². The van der Waals surface area contributed by atoms with Gasteiger partial charge < -0.3 is 19.1 Å². The number of benzene rings is 1. The quantitative estimate of drug-likeness (QED) is 0.360. The van der Waals surface area contributed by atoms with E-state index in [0.29, 0.717) is 49.6 Å². The third-order valence-electron chi connectivity index (χ3n) is 7.06. The van der Waals surface area contributed by atoms with Crippen LogP contribution in [-0.4, -0.2) is 74.7 Å². The van der Waals surface area contributed by atoms with Crippen molar-refractivity contribution >= 4 is 34.7 Å². The van der Waals surface area contributed by atoms with Crippen LogP contribution in [0.4, 0.5) is 21.1 Å². The molecule has 12 heteroatoms. The molecule has 0 bridgehead atoms. The molecule has 6 rings (SSSR count). The molecule has 0 radical (unpaired) electrons. The molecule has 2 aliphatic rings. The molecule has 0 aliphatic carbocycles. The van der Waals surface area contributed by atoms with Gasteiger partial charge in [-0.2, -0.15) is 14.5 Å². The van der Waals surface area contributed by atoms with Crippen molar-refractivity contribution in [2.75, 3.05) is 36.1 Å². The summed E-state index contributed by atoms with van der Waals surface area (Å²) < 4.78 is 19.6. The summed E-state index contributed by atoms with van der Waals surface area (Å²) in [7, 11) is 0. The number of amides is 1. The number of hydrogen-bond acceptors (Lipinski definition) is 9. The number of ether oxygens (including phenoxy) is 3. The van der Waals surface area contributed by atoms with Gasteiger partial charge in [0.1, 0.15) is 18.0 Å². The predicted molar refractivity (Wildman–Crippen MR) is 152 cm³/mol. The SMILES string of the molecule is C[C@@H]1COCCN1c1nc2c(cnn2-c2ccn(C(=O)OC(C)(C)C)n2)c2c1CCN2C(=O)OCc1ccccc1. The van der Waals surface area contributed by atoms with Gasteiger partial charge in [0.25, 0.3) is 0 Å². The molecule has 1 amide bonds. The highest BCUT2D eigenvalue weighted by Crippen LogP contribution is 2.41. The molecule has 4 aromatic rings. The maximum Gasteiger partial charge on any atom is 0.435 e. The van der Waals surface area contributed by atoms with Crippen LogP contribution in [0.3, 0.4) is 0 Å². The lowest BCUT2D eigenvalue weighted by molar-refractivity contribution is 0.0514. The van der Waals surface area contributed by atoms with Crippen LogP contribution < -0.4 is 9.80 Å². The van der Waals surface area contributed by atoms with Gasteiger partial charge in [-0.15, -0.1) is 5.10 Å². The van der Waals surface area contributed by atoms with Crippen LogP contribution in [-0.2, 0) is 27.2 Å². The zero-order valence-corrected chi connectivity index (χ0v) is 23.6. The highest BCUT2D eigenvalue weighted by atomic mass is 16.6. The summed E-state index contributed by atoms with van der Waals surface area (Å²) in [6, 6.07) is 11.4. The van der Waals surface area contributed by atoms with Crippen LogP contribution >= 0.6 is 0 Å². The van der Waals surface area contributed by atoms with Crippen LogP contribution in [0, 0.1) is 0 Å². The van der Waals surface area contributed by atoms with Crippen LogP contribution in [0.15, 0.2) is 48.8 Å². The monoisotopic (exact) mass is 559 g/mol. The largest absolute Gasteiger partial charge is 0.444 e. The van der Waals surface area contributed by atoms with Gasteiger partial charge in [0, 0.05) is 30.9 Å². The first kappa shape index (κ1) is 26.8. The Balaban J connectivity index is 1.40. The Bertz CT molecular complexity index is 1590. The van der Waals surface area contributed by atoms with Gasteiger partial charge in [-0.25, -0.2) is 14.6 Å². The molecule has 0 saturated carbocycles. The van der Waals surface area contributed by atoms with Crippen molar-refractivity contribution in [1.29, 1.82) is 0 Å². The molecule has 0 spiro atoms. The van der Waals surface area contributed by atoms with E-state index in [4.69, 9.17) is 19.2 Å². The Morgan fingerprint density at radius 1 is 1.10 bits per heavy atom. The van der Waals surface area contributed by atoms with Crippen molar-refractivity contribution in [2.24, 2.45) is 0 Å². The van der Waals surface area contributed by atoms with Gasteiger partial charge in [0.15, 0.2) is 11.5 Å². The lowest BCUT2D eigenvalue weighted by atomic mass is 10.1. The molecule has 1 atom stereocenters. The fraction of sp³-hybridized carbons (Fsp3) is 0.414. The first-order chi connectivity index (χ1) is 19.7. The number of aromatic nitrogens is 5. The van der Waals surface area contributed by atoms with E-state index in [9.17, 15) is 9.59 Å². The summed E-state index contributed by atoms with van der Waals surface area (Å²) in [6.45, 7) is 9.97. The Morgan fingerprint density at radius 2 is 1.90 bits per heavy atom. The summed E-state index contributed by atoms with van der Waals surface area (Å²) in [4.78, 5) is 35.0. The molecule has 2 aliphatic heterocycles. The maximum absolute atomic E-state index is 13.4. The maximum atomic E-state index is 13.4. The number of anilines is 2. The van der Waals surface area contributed by atoms with Crippen LogP contribution in [0.25, 0.3) is 16.9 Å². The van der Waals surface area contributed by atoms with Gasteiger partial charge in [-0.05, 0) is 39.7 Å². The molecule has 12 nitrogen and oxygen atoms in total. The number of morpholine rings is 1. The zero-order valence-electron chi connectivity index (χ0n) is 23.6. The molecule has 214 valence electrons. The van der Waals surface area contributed by atoms with Crippen molar-refractivity contribution in [2.45, 2.75) is 52.4 Å². The number of rotatable bonds is 4. The predicted octanol–water partition coefficient (Wildman–Crippen LogP) is 4.32. The van der Waals surface area contributed by atoms with E-state index >= 15 is 0 Å². The topological polar surface area (TPSA) is 117 Å². The minimum absolute atomic E-state index is 0.0969. The van der Waals surface area contributed by atoms with E-state index in [1.165, 1.54) is 6.20 Å². The molecular formula is C29H33N7O5. The van der Waals surface area contributed by atoms with Gasteiger partial charge in [0.05, 0.1) is 36.5 Å². The minimum atomic E-state index is -0.661. The lowest BCUT2D eigenvalue weighted by Crippen LogP contribution is -2.44. The normalized spacial score (nSPS) is 17.1. The first-order valence-corrected chi connectivity index (χ1v) is 13.7. The fourth-order valence-corrected chi connectivity index (χ4v) is 5.19. The second-order valence-electron chi connectivity index (χ2n) is 11.2. The summed E-state index contributed by atoms with van der Waals surface area (Å²) >= 11 is 0. The first-order valence-electron chi connectivity index (χ1n) is 13.7. The number of nitrogens with zero attached hydrogens (tertiary/aromatic N) is 7. The highest BCUT2D eigenvalue weighted by Gasteiger charge is 2.35. The molecule has 0 N–H and O–H groups in total. The lowest BCUT2D eigenvalue weighted by Gasteiger charge is -2.35. The molecule has 5 heterocycles. The van der Waals surface area contributed by atoms with Crippen molar-refractivity contribution in [3.63, 3.8) is 0 Å². The Hall–Kier alpha value is -4.45. The van der Waals surface area contributed by atoms with Gasteiger partial charge >= 0.3 is 12.2 Å². The molecule has 0 unspecified atom stereocenters. The van der Waals surface area contributed by atoms with Crippen LogP contribution in [0.1, 0.15) is 38.8 Å². The zero-order chi connectivity index (χ0) is 28.7. The van der Waals surface area contributed by atoms with Crippen LogP contribution in [0.2, 0.25) is 0 Å². The Morgan fingerprint density at radius 3 is 2.66 bits per heavy atom. The van der Waals surface area contributed by atoms with Gasteiger partial charge in [-0.1, -0.05) is 30.3 Å². The molecule has 1 aromatic carbocycles. The Kier molecular flexibility index (Phi) is 6.86. The summed E-state index contributed by atoms with van der Waals surface area (Å²) in [5.74, 6) is 1.19. The average molecular weight is 560 g/mol.